The third-order valence-electron chi connectivity index (χ3n) is 4.94. The van der Waals surface area contributed by atoms with Gasteiger partial charge in [-0.3, -0.25) is 4.90 Å². The second-order valence-corrected chi connectivity index (χ2v) is 8.41. The van der Waals surface area contributed by atoms with Gasteiger partial charge >= 0.3 is 0 Å². The van der Waals surface area contributed by atoms with Gasteiger partial charge < -0.3 is 9.29 Å². The summed E-state index contributed by atoms with van der Waals surface area (Å²) < 4.78 is 33.6. The van der Waals surface area contributed by atoms with Crippen molar-refractivity contribution in [1.82, 2.24) is 14.6 Å². The Morgan fingerprint density at radius 2 is 1.96 bits per heavy atom. The van der Waals surface area contributed by atoms with Gasteiger partial charge in [-0.1, -0.05) is 34.5 Å². The molecule has 7 heteroatoms. The van der Waals surface area contributed by atoms with Crippen molar-refractivity contribution in [1.29, 1.82) is 0 Å². The Morgan fingerprint density at radius 3 is 2.72 bits per heavy atom. The van der Waals surface area contributed by atoms with Gasteiger partial charge in [0.15, 0.2) is 10.4 Å². The van der Waals surface area contributed by atoms with Crippen molar-refractivity contribution in [2.24, 2.45) is 0 Å². The summed E-state index contributed by atoms with van der Waals surface area (Å²) in [4.78, 5) is 6.66. The van der Waals surface area contributed by atoms with Crippen molar-refractivity contribution in [2.75, 3.05) is 19.6 Å². The van der Waals surface area contributed by atoms with Gasteiger partial charge in [0.25, 0.3) is 5.88 Å². The minimum absolute atomic E-state index is 0.124. The number of sulfonamides is 1. The van der Waals surface area contributed by atoms with E-state index in [1.165, 1.54) is 11.6 Å². The number of pyridine rings is 1. The van der Waals surface area contributed by atoms with Crippen LogP contribution in [0.5, 0.6) is 5.88 Å². The van der Waals surface area contributed by atoms with E-state index < -0.39 is 16.0 Å². The highest BCUT2D eigenvalue weighted by Crippen LogP contribution is 2.35. The molecule has 0 aliphatic carbocycles. The van der Waals surface area contributed by atoms with E-state index in [1.807, 2.05) is 18.2 Å². The average Bonchev–Trinajstić information content (AvgIpc) is 2.74. The van der Waals surface area contributed by atoms with Crippen LogP contribution in [0.3, 0.4) is 0 Å². The molecule has 3 heterocycles. The Bertz CT molecular complexity index is 791. The molecule has 1 saturated heterocycles. The van der Waals surface area contributed by atoms with Crippen molar-refractivity contribution in [3.05, 3.63) is 54.2 Å². The molecule has 1 spiro atoms. The van der Waals surface area contributed by atoms with Crippen LogP contribution in [-0.4, -0.2) is 39.7 Å². The van der Waals surface area contributed by atoms with Crippen molar-refractivity contribution in [2.45, 2.75) is 29.9 Å². The van der Waals surface area contributed by atoms with Crippen LogP contribution in [0.1, 0.15) is 18.4 Å². The summed E-state index contributed by atoms with van der Waals surface area (Å²) in [7, 11) is -3.57. The molecule has 6 nitrogen and oxygen atoms in total. The average molecular weight is 359 g/mol. The summed E-state index contributed by atoms with van der Waals surface area (Å²) in [6, 6.07) is 13.5. The number of ether oxygens (including phenoxy) is 1. The van der Waals surface area contributed by atoms with E-state index in [1.54, 1.807) is 12.3 Å². The Hall–Kier alpha value is -1.80. The van der Waals surface area contributed by atoms with Crippen molar-refractivity contribution in [3.8, 4) is 5.88 Å². The Labute approximate surface area is 148 Å². The summed E-state index contributed by atoms with van der Waals surface area (Å²) in [5.41, 5.74) is 0.757. The Balaban J connectivity index is 1.49. The normalized spacial score (nSPS) is 25.8. The van der Waals surface area contributed by atoms with E-state index in [0.717, 1.165) is 32.5 Å². The molecule has 1 aromatic carbocycles. The molecule has 0 amide bonds. The topological polar surface area (TPSA) is 77.5 Å². The van der Waals surface area contributed by atoms with E-state index in [-0.39, 0.29) is 17.3 Å². The predicted octanol–water partition coefficient (Wildman–Crippen LogP) is 2.00. The van der Waals surface area contributed by atoms with Gasteiger partial charge in [-0.25, -0.2) is 4.98 Å². The van der Waals surface area contributed by atoms with E-state index in [9.17, 15) is 8.76 Å². The molecule has 1 unspecified atom stereocenters. The number of piperidine rings is 1. The molecule has 1 fully saturated rings. The maximum atomic E-state index is 12.4. The van der Waals surface area contributed by atoms with Crippen LogP contribution < -0.4 is 9.46 Å². The summed E-state index contributed by atoms with van der Waals surface area (Å²) in [5, 5.41) is 0. The quantitative estimate of drug-likeness (QED) is 0.830. The van der Waals surface area contributed by atoms with E-state index in [2.05, 4.69) is 26.7 Å². The van der Waals surface area contributed by atoms with Crippen molar-refractivity contribution >= 4 is 10.4 Å². The zero-order valence-corrected chi connectivity index (χ0v) is 14.7. The number of likely N-dealkylation sites (tertiary alicyclic amines) is 1. The fraction of sp³-hybridized carbons (Fsp3) is 0.389. The molecular formula is C18H21N3O3S. The Morgan fingerprint density at radius 1 is 1.20 bits per heavy atom. The number of nitrogens with one attached hydrogen (secondary N) is 1. The summed E-state index contributed by atoms with van der Waals surface area (Å²) >= 11 is 0. The summed E-state index contributed by atoms with van der Waals surface area (Å²) in [6.45, 7) is 2.90. The molecule has 1 aromatic heterocycles. The van der Waals surface area contributed by atoms with Crippen LogP contribution in [0.25, 0.3) is 0 Å². The monoisotopic (exact) mass is 359 g/mol. The molecule has 132 valence electrons. The largest absolute Gasteiger partial charge is 0.593 e. The van der Waals surface area contributed by atoms with Crippen molar-refractivity contribution < 1.29 is 13.5 Å². The molecule has 2 aromatic rings. The van der Waals surface area contributed by atoms with Crippen molar-refractivity contribution in [3.63, 3.8) is 0 Å². The van der Waals surface area contributed by atoms with E-state index in [0.29, 0.717) is 0 Å². The number of hydrogen-bond donors (Lipinski definition) is 1. The lowest BCUT2D eigenvalue weighted by Gasteiger charge is -2.40. The predicted molar refractivity (Wildman–Crippen MR) is 93.6 cm³/mol. The smallest absolute Gasteiger partial charge is 0.272 e. The zero-order chi connectivity index (χ0) is 17.3. The number of rotatable bonds is 2. The molecule has 1 atom stereocenters. The first kappa shape index (κ1) is 16.7. The maximum absolute atomic E-state index is 12.4. The maximum Gasteiger partial charge on any atom is 0.272 e. The molecule has 0 bridgehead atoms. The van der Waals surface area contributed by atoms with Gasteiger partial charge in [-0.05, 0) is 11.6 Å². The van der Waals surface area contributed by atoms with Gasteiger partial charge in [-0.15, -0.1) is 4.72 Å². The highest BCUT2D eigenvalue weighted by Gasteiger charge is 2.44. The van der Waals surface area contributed by atoms with Crippen LogP contribution in [0, 0.1) is 0 Å². The molecule has 0 radical (unpaired) electrons. The van der Waals surface area contributed by atoms with Crippen LogP contribution in [0.4, 0.5) is 0 Å². The lowest BCUT2D eigenvalue weighted by Crippen LogP contribution is -2.53. The molecule has 0 saturated carbocycles. The van der Waals surface area contributed by atoms with Gasteiger partial charge in [-0.2, -0.15) is 0 Å². The third kappa shape index (κ3) is 3.46. The second-order valence-electron chi connectivity index (χ2n) is 6.68. The van der Waals surface area contributed by atoms with Gasteiger partial charge in [0.05, 0.1) is 6.54 Å². The molecule has 2 aliphatic rings. The number of nitrogens with zero attached hydrogens (tertiary/aromatic N) is 2. The second kappa shape index (κ2) is 6.49. The third-order valence-corrected chi connectivity index (χ3v) is 6.35. The lowest BCUT2D eigenvalue weighted by molar-refractivity contribution is 0.000235. The number of fused-ring (bicyclic) bond motifs is 1. The molecule has 2 aliphatic heterocycles. The Kier molecular flexibility index (Phi) is 4.33. The van der Waals surface area contributed by atoms with Crippen LogP contribution >= 0.6 is 0 Å². The first-order valence-electron chi connectivity index (χ1n) is 8.46. The number of aromatic nitrogens is 1. The van der Waals surface area contributed by atoms with Crippen LogP contribution in [0.2, 0.25) is 0 Å². The number of benzene rings is 1. The molecule has 4 rings (SSSR count). The standard InChI is InChI=1S/C18H21N3O3S/c22-25(23)16-7-4-10-19-17(16)24-18(14-20-25)8-11-21(12-9-18)13-15-5-2-1-3-6-15/h1-7,10H,8-9,11-14H2,(H-,20,22,23). The van der Waals surface area contributed by atoms with Gasteiger partial charge in [0.1, 0.15) is 5.60 Å². The van der Waals surface area contributed by atoms with Gasteiger partial charge in [0.2, 0.25) is 4.90 Å². The van der Waals surface area contributed by atoms with E-state index >= 15 is 0 Å². The SMILES string of the molecule is O=[S+]1([O-])NCC2(CCN(Cc3ccccc3)CC2)Oc2ncccc21. The molecule has 1 N–H and O–H groups in total. The fourth-order valence-corrected chi connectivity index (χ4v) is 4.63. The first-order chi connectivity index (χ1) is 12.1. The van der Waals surface area contributed by atoms with Crippen LogP contribution in [-0.2, 0) is 21.2 Å². The zero-order valence-electron chi connectivity index (χ0n) is 13.9. The fourth-order valence-electron chi connectivity index (χ4n) is 3.44. The van der Waals surface area contributed by atoms with Gasteiger partial charge in [0, 0.05) is 44.7 Å². The highest BCUT2D eigenvalue weighted by molar-refractivity contribution is 7.95. The number of hydrogen-bond acceptors (Lipinski definition) is 5. The minimum atomic E-state index is -3.57. The first-order valence-corrected chi connectivity index (χ1v) is 9.95. The van der Waals surface area contributed by atoms with E-state index in [4.69, 9.17) is 4.74 Å². The molecule has 25 heavy (non-hydrogen) atoms. The minimum Gasteiger partial charge on any atom is -0.593 e. The van der Waals surface area contributed by atoms with Crippen LogP contribution in [0.15, 0.2) is 53.6 Å². The lowest BCUT2D eigenvalue weighted by atomic mass is 9.91. The summed E-state index contributed by atoms with van der Waals surface area (Å²) in [6.07, 6.45) is 3.09. The summed E-state index contributed by atoms with van der Waals surface area (Å²) in [5.74, 6) is 0.212. The highest BCUT2D eigenvalue weighted by atomic mass is 32.3. The molecular weight excluding hydrogens is 338 g/mol.